The molecule has 0 aliphatic heterocycles. The van der Waals surface area contributed by atoms with Gasteiger partial charge in [0, 0.05) is 18.3 Å². The van der Waals surface area contributed by atoms with Gasteiger partial charge in [0.15, 0.2) is 0 Å². The molecule has 0 fully saturated rings. The number of benzene rings is 1. The molecule has 4 nitrogen and oxygen atoms in total. The maximum Gasteiger partial charge on any atom is 0.270 e. The molecule has 0 spiro atoms. The predicted molar refractivity (Wildman–Crippen MR) is 64.7 cm³/mol. The van der Waals surface area contributed by atoms with Gasteiger partial charge in [-0.3, -0.25) is 10.1 Å². The van der Waals surface area contributed by atoms with Crippen LogP contribution in [0.5, 0.6) is 0 Å². The van der Waals surface area contributed by atoms with Gasteiger partial charge >= 0.3 is 0 Å². The molecular formula is C11H8N2O2S. The van der Waals surface area contributed by atoms with Crippen LogP contribution in [0.15, 0.2) is 46.8 Å². The van der Waals surface area contributed by atoms with Crippen molar-refractivity contribution in [3.05, 3.63) is 57.5 Å². The lowest BCUT2D eigenvalue weighted by atomic mass is 10.2. The van der Waals surface area contributed by atoms with Crippen LogP contribution in [-0.4, -0.2) is 11.1 Å². The van der Waals surface area contributed by atoms with Gasteiger partial charge in [-0.2, -0.15) is 0 Å². The Bertz CT molecular complexity index is 521. The van der Waals surface area contributed by atoms with Crippen molar-refractivity contribution in [1.82, 2.24) is 0 Å². The van der Waals surface area contributed by atoms with Crippen LogP contribution in [0.3, 0.4) is 0 Å². The van der Waals surface area contributed by atoms with Crippen LogP contribution in [0.25, 0.3) is 0 Å². The van der Waals surface area contributed by atoms with Crippen LogP contribution >= 0.6 is 11.3 Å². The van der Waals surface area contributed by atoms with E-state index in [1.54, 1.807) is 18.3 Å². The summed E-state index contributed by atoms with van der Waals surface area (Å²) < 4.78 is 0. The zero-order valence-corrected chi connectivity index (χ0v) is 9.05. The molecule has 0 aliphatic rings. The van der Waals surface area contributed by atoms with E-state index in [1.807, 2.05) is 17.5 Å². The highest BCUT2D eigenvalue weighted by atomic mass is 32.1. The average molecular weight is 232 g/mol. The number of hydrogen-bond acceptors (Lipinski definition) is 4. The number of aliphatic imine (C=N–C) groups is 1. The highest BCUT2D eigenvalue weighted by Gasteiger charge is 2.03. The summed E-state index contributed by atoms with van der Waals surface area (Å²) in [5.74, 6) is 0. The van der Waals surface area contributed by atoms with Crippen LogP contribution in [0, 0.1) is 10.1 Å². The van der Waals surface area contributed by atoms with Gasteiger partial charge in [0.25, 0.3) is 5.69 Å². The average Bonchev–Trinajstić information content (AvgIpc) is 2.79. The lowest BCUT2D eigenvalue weighted by Gasteiger charge is -1.93. The van der Waals surface area contributed by atoms with Gasteiger partial charge in [-0.05, 0) is 23.1 Å². The third-order valence-electron chi connectivity index (χ3n) is 1.93. The first-order valence-electron chi connectivity index (χ1n) is 4.58. The van der Waals surface area contributed by atoms with Crippen molar-refractivity contribution in [1.29, 1.82) is 0 Å². The maximum atomic E-state index is 10.5. The second-order valence-electron chi connectivity index (χ2n) is 3.06. The van der Waals surface area contributed by atoms with Crippen LogP contribution < -0.4 is 0 Å². The third kappa shape index (κ3) is 2.52. The van der Waals surface area contributed by atoms with Gasteiger partial charge in [-0.1, -0.05) is 12.1 Å². The molecule has 0 radical (unpaired) electrons. The Morgan fingerprint density at radius 1 is 1.31 bits per heavy atom. The normalized spacial score (nSPS) is 10.8. The number of nitrogens with zero attached hydrogens (tertiary/aromatic N) is 2. The van der Waals surface area contributed by atoms with E-state index in [0.717, 1.165) is 10.6 Å². The van der Waals surface area contributed by atoms with Gasteiger partial charge in [-0.25, -0.2) is 4.99 Å². The molecule has 2 aromatic rings. The summed E-state index contributed by atoms with van der Waals surface area (Å²) >= 11 is 1.52. The number of non-ortho nitro benzene ring substituents is 1. The Morgan fingerprint density at radius 3 is 2.88 bits per heavy atom. The summed E-state index contributed by atoms with van der Waals surface area (Å²) in [6, 6.07) is 10.2. The first-order valence-corrected chi connectivity index (χ1v) is 5.46. The molecule has 1 aromatic carbocycles. The van der Waals surface area contributed by atoms with E-state index >= 15 is 0 Å². The molecule has 0 saturated heterocycles. The van der Waals surface area contributed by atoms with E-state index in [0.29, 0.717) is 0 Å². The molecule has 0 bridgehead atoms. The molecule has 0 saturated carbocycles. The van der Waals surface area contributed by atoms with Crippen molar-refractivity contribution >= 4 is 28.2 Å². The Kier molecular flexibility index (Phi) is 3.07. The van der Waals surface area contributed by atoms with Crippen LogP contribution in [0.1, 0.15) is 5.56 Å². The van der Waals surface area contributed by atoms with Crippen molar-refractivity contribution in [2.24, 2.45) is 4.99 Å². The molecule has 1 heterocycles. The highest BCUT2D eigenvalue weighted by molar-refractivity contribution is 7.13. The summed E-state index contributed by atoms with van der Waals surface area (Å²) in [6.07, 6.45) is 1.62. The second-order valence-corrected chi connectivity index (χ2v) is 3.99. The molecule has 16 heavy (non-hydrogen) atoms. The zero-order chi connectivity index (χ0) is 11.4. The fraction of sp³-hybridized carbons (Fsp3) is 0. The summed E-state index contributed by atoms with van der Waals surface area (Å²) in [7, 11) is 0. The monoisotopic (exact) mass is 232 g/mol. The van der Waals surface area contributed by atoms with E-state index in [4.69, 9.17) is 0 Å². The molecule has 0 amide bonds. The Hall–Kier alpha value is -2.01. The van der Waals surface area contributed by atoms with E-state index in [1.165, 1.54) is 23.5 Å². The van der Waals surface area contributed by atoms with Gasteiger partial charge < -0.3 is 0 Å². The zero-order valence-electron chi connectivity index (χ0n) is 8.24. The SMILES string of the molecule is O=[N+]([O-])c1cccc(C=Nc2cccs2)c1. The molecule has 0 unspecified atom stereocenters. The van der Waals surface area contributed by atoms with E-state index < -0.39 is 4.92 Å². The molecular weight excluding hydrogens is 224 g/mol. The van der Waals surface area contributed by atoms with E-state index in [9.17, 15) is 10.1 Å². The summed E-state index contributed by atoms with van der Waals surface area (Å²) in [4.78, 5) is 14.3. The number of thiophene rings is 1. The summed E-state index contributed by atoms with van der Waals surface area (Å²) in [5, 5.41) is 13.4. The largest absolute Gasteiger partial charge is 0.270 e. The quantitative estimate of drug-likeness (QED) is 0.462. The summed E-state index contributed by atoms with van der Waals surface area (Å²) in [6.45, 7) is 0. The lowest BCUT2D eigenvalue weighted by molar-refractivity contribution is -0.384. The molecule has 0 N–H and O–H groups in total. The summed E-state index contributed by atoms with van der Waals surface area (Å²) in [5.41, 5.74) is 0.803. The van der Waals surface area contributed by atoms with E-state index in [2.05, 4.69) is 4.99 Å². The Morgan fingerprint density at radius 2 is 2.19 bits per heavy atom. The van der Waals surface area contributed by atoms with Gasteiger partial charge in [0.05, 0.1) is 4.92 Å². The second kappa shape index (κ2) is 4.67. The maximum absolute atomic E-state index is 10.5. The number of hydrogen-bond donors (Lipinski definition) is 0. The van der Waals surface area contributed by atoms with Crippen LogP contribution in [0.2, 0.25) is 0 Å². The van der Waals surface area contributed by atoms with Crippen molar-refractivity contribution in [2.75, 3.05) is 0 Å². The first kappa shape index (κ1) is 10.5. The molecule has 2 rings (SSSR count). The van der Waals surface area contributed by atoms with Crippen molar-refractivity contribution < 1.29 is 4.92 Å². The fourth-order valence-electron chi connectivity index (χ4n) is 1.20. The number of nitro benzene ring substituents is 1. The smallest absolute Gasteiger partial charge is 0.258 e. The molecule has 1 aromatic heterocycles. The van der Waals surface area contributed by atoms with E-state index in [-0.39, 0.29) is 5.69 Å². The fourth-order valence-corrected chi connectivity index (χ4v) is 1.77. The number of nitro groups is 1. The third-order valence-corrected chi connectivity index (χ3v) is 2.70. The van der Waals surface area contributed by atoms with Gasteiger partial charge in [0.2, 0.25) is 0 Å². The molecule has 0 atom stereocenters. The van der Waals surface area contributed by atoms with Crippen LogP contribution in [0.4, 0.5) is 10.7 Å². The standard InChI is InChI=1S/C11H8N2O2S/c14-13(15)10-4-1-3-9(7-10)8-12-11-5-2-6-16-11/h1-8H. The van der Waals surface area contributed by atoms with Gasteiger partial charge in [0.1, 0.15) is 5.00 Å². The Balaban J connectivity index is 2.22. The van der Waals surface area contributed by atoms with Crippen molar-refractivity contribution in [3.8, 4) is 0 Å². The molecule has 80 valence electrons. The van der Waals surface area contributed by atoms with Gasteiger partial charge in [-0.15, -0.1) is 11.3 Å². The van der Waals surface area contributed by atoms with Crippen LogP contribution in [-0.2, 0) is 0 Å². The minimum atomic E-state index is -0.414. The Labute approximate surface area is 96.0 Å². The first-order chi connectivity index (χ1) is 7.75. The minimum Gasteiger partial charge on any atom is -0.258 e. The highest BCUT2D eigenvalue weighted by Crippen LogP contribution is 2.19. The minimum absolute atomic E-state index is 0.0788. The van der Waals surface area contributed by atoms with Crippen molar-refractivity contribution in [3.63, 3.8) is 0 Å². The predicted octanol–water partition coefficient (Wildman–Crippen LogP) is 3.41. The van der Waals surface area contributed by atoms with Crippen molar-refractivity contribution in [2.45, 2.75) is 0 Å². The molecule has 5 heteroatoms. The number of rotatable bonds is 3. The molecule has 0 aliphatic carbocycles. The topological polar surface area (TPSA) is 55.5 Å². The lowest BCUT2D eigenvalue weighted by Crippen LogP contribution is -1.89.